The van der Waals surface area contributed by atoms with Crippen molar-refractivity contribution in [2.45, 2.75) is 45.6 Å². The Morgan fingerprint density at radius 3 is 2.91 bits per heavy atom. The first-order valence-electron chi connectivity index (χ1n) is 7.42. The van der Waals surface area contributed by atoms with Gasteiger partial charge in [-0.2, -0.15) is 5.26 Å². The molecule has 0 aromatic carbocycles. The number of pyridine rings is 1. The topological polar surface area (TPSA) is 92.2 Å². The molecule has 1 saturated heterocycles. The maximum atomic E-state index is 11.8. The average molecular weight is 304 g/mol. The van der Waals surface area contributed by atoms with E-state index in [1.54, 1.807) is 13.8 Å². The lowest BCUT2D eigenvalue weighted by atomic mass is 9.99. The molecule has 2 rings (SSSR count). The minimum atomic E-state index is -0.387. The van der Waals surface area contributed by atoms with Crippen molar-refractivity contribution >= 4 is 5.97 Å². The van der Waals surface area contributed by atoms with Crippen LogP contribution in [-0.4, -0.2) is 30.3 Å². The van der Waals surface area contributed by atoms with Gasteiger partial charge in [0.05, 0.1) is 6.10 Å². The van der Waals surface area contributed by atoms with Crippen LogP contribution < -0.4 is 5.56 Å². The number of aryl methyl sites for hydroxylation is 1. The summed E-state index contributed by atoms with van der Waals surface area (Å²) in [6, 6.07) is 1.90. The number of nitrogens with one attached hydrogen (secondary N) is 1. The lowest BCUT2D eigenvalue weighted by Crippen LogP contribution is -2.19. The zero-order valence-electron chi connectivity index (χ0n) is 12.9. The smallest absolute Gasteiger partial charge is 0.306 e. The largest absolute Gasteiger partial charge is 0.463 e. The Hall–Kier alpha value is -2.13. The van der Waals surface area contributed by atoms with Crippen molar-refractivity contribution in [3.05, 3.63) is 32.7 Å². The van der Waals surface area contributed by atoms with E-state index in [-0.39, 0.29) is 29.6 Å². The van der Waals surface area contributed by atoms with Gasteiger partial charge in [0.15, 0.2) is 0 Å². The van der Waals surface area contributed by atoms with Crippen LogP contribution in [0.4, 0.5) is 0 Å². The van der Waals surface area contributed by atoms with Gasteiger partial charge in [0.25, 0.3) is 5.56 Å². The summed E-state index contributed by atoms with van der Waals surface area (Å²) >= 11 is 0. The molecule has 1 unspecified atom stereocenters. The second-order valence-corrected chi connectivity index (χ2v) is 5.49. The molecule has 0 saturated carbocycles. The van der Waals surface area contributed by atoms with Crippen molar-refractivity contribution in [2.75, 3.05) is 13.2 Å². The van der Waals surface area contributed by atoms with Crippen LogP contribution in [-0.2, 0) is 20.7 Å². The Kier molecular flexibility index (Phi) is 5.34. The average Bonchev–Trinajstić information content (AvgIpc) is 2.98. The van der Waals surface area contributed by atoms with Gasteiger partial charge in [-0.25, -0.2) is 0 Å². The second kappa shape index (κ2) is 7.23. The van der Waals surface area contributed by atoms with Crippen molar-refractivity contribution in [1.82, 2.24) is 4.98 Å². The van der Waals surface area contributed by atoms with Crippen molar-refractivity contribution in [3.63, 3.8) is 0 Å². The van der Waals surface area contributed by atoms with E-state index in [4.69, 9.17) is 14.7 Å². The first kappa shape index (κ1) is 16.2. The van der Waals surface area contributed by atoms with E-state index in [0.29, 0.717) is 24.3 Å². The summed E-state index contributed by atoms with van der Waals surface area (Å²) in [6.07, 6.45) is 2.61. The van der Waals surface area contributed by atoms with Crippen LogP contribution in [0.3, 0.4) is 0 Å². The molecule has 0 amide bonds. The van der Waals surface area contributed by atoms with Gasteiger partial charge in [-0.15, -0.1) is 0 Å². The second-order valence-electron chi connectivity index (χ2n) is 5.49. The highest BCUT2D eigenvalue weighted by atomic mass is 16.6. The number of esters is 1. The third-order valence-electron chi connectivity index (χ3n) is 3.95. The summed E-state index contributed by atoms with van der Waals surface area (Å²) in [4.78, 5) is 26.1. The van der Waals surface area contributed by atoms with Gasteiger partial charge in [0.1, 0.15) is 18.2 Å². The zero-order chi connectivity index (χ0) is 16.1. The standard InChI is InChI=1S/C16H20N2O4/c1-10-13(11(2)18-16(20)14(10)8-17)5-6-15(19)22-9-12-4-3-7-21-12/h12H,3-7,9H2,1-2H3,(H,18,20). The van der Waals surface area contributed by atoms with Gasteiger partial charge in [-0.3, -0.25) is 9.59 Å². The van der Waals surface area contributed by atoms with Gasteiger partial charge in [-0.1, -0.05) is 0 Å². The molecule has 6 nitrogen and oxygen atoms in total. The molecule has 118 valence electrons. The van der Waals surface area contributed by atoms with E-state index in [9.17, 15) is 9.59 Å². The number of rotatable bonds is 5. The Labute approximate surface area is 129 Å². The van der Waals surface area contributed by atoms with Crippen LogP contribution in [0.2, 0.25) is 0 Å². The molecule has 0 spiro atoms. The number of hydrogen-bond acceptors (Lipinski definition) is 5. The van der Waals surface area contributed by atoms with Crippen molar-refractivity contribution in [2.24, 2.45) is 0 Å². The van der Waals surface area contributed by atoms with E-state index < -0.39 is 0 Å². The van der Waals surface area contributed by atoms with Gasteiger partial charge < -0.3 is 14.5 Å². The minimum Gasteiger partial charge on any atom is -0.463 e. The lowest BCUT2D eigenvalue weighted by Gasteiger charge is -2.12. The number of hydrogen-bond donors (Lipinski definition) is 1. The Morgan fingerprint density at radius 1 is 1.50 bits per heavy atom. The Balaban J connectivity index is 1.95. The predicted octanol–water partition coefficient (Wildman–Crippen LogP) is 1.52. The minimum absolute atomic E-state index is 0.0192. The van der Waals surface area contributed by atoms with Gasteiger partial charge >= 0.3 is 5.97 Å². The highest BCUT2D eigenvalue weighted by Crippen LogP contribution is 2.16. The summed E-state index contributed by atoms with van der Waals surface area (Å²) in [5, 5.41) is 9.02. The summed E-state index contributed by atoms with van der Waals surface area (Å²) in [5.74, 6) is -0.293. The summed E-state index contributed by atoms with van der Waals surface area (Å²) in [7, 11) is 0. The normalized spacial score (nSPS) is 17.2. The van der Waals surface area contributed by atoms with Crippen LogP contribution in [0.5, 0.6) is 0 Å². The SMILES string of the molecule is Cc1[nH]c(=O)c(C#N)c(C)c1CCC(=O)OCC1CCCO1. The van der Waals surface area contributed by atoms with E-state index in [1.807, 2.05) is 6.07 Å². The summed E-state index contributed by atoms with van der Waals surface area (Å²) in [6.45, 7) is 4.53. The number of ether oxygens (including phenoxy) is 2. The fourth-order valence-electron chi connectivity index (χ4n) is 2.68. The van der Waals surface area contributed by atoms with E-state index in [0.717, 1.165) is 25.0 Å². The molecule has 1 atom stereocenters. The maximum absolute atomic E-state index is 11.8. The van der Waals surface area contributed by atoms with E-state index in [2.05, 4.69) is 4.98 Å². The van der Waals surface area contributed by atoms with Crippen LogP contribution in [0.1, 0.15) is 41.6 Å². The van der Waals surface area contributed by atoms with Crippen LogP contribution >= 0.6 is 0 Å². The third-order valence-corrected chi connectivity index (χ3v) is 3.95. The molecule has 22 heavy (non-hydrogen) atoms. The lowest BCUT2D eigenvalue weighted by molar-refractivity contribution is -0.146. The van der Waals surface area contributed by atoms with Gasteiger partial charge in [0, 0.05) is 18.7 Å². The molecular weight excluding hydrogens is 284 g/mol. The Morgan fingerprint density at radius 2 is 2.27 bits per heavy atom. The van der Waals surface area contributed by atoms with Crippen molar-refractivity contribution < 1.29 is 14.3 Å². The van der Waals surface area contributed by atoms with E-state index in [1.165, 1.54) is 0 Å². The number of aromatic amines is 1. The highest BCUT2D eigenvalue weighted by molar-refractivity contribution is 5.70. The number of aromatic nitrogens is 1. The molecule has 0 bridgehead atoms. The fourth-order valence-corrected chi connectivity index (χ4v) is 2.68. The molecule has 0 aliphatic carbocycles. The van der Waals surface area contributed by atoms with Crippen molar-refractivity contribution in [3.8, 4) is 6.07 Å². The molecular formula is C16H20N2O4. The highest BCUT2D eigenvalue weighted by Gasteiger charge is 2.18. The number of carbonyl (C=O) groups is 1. The number of nitrogens with zero attached hydrogens (tertiary/aromatic N) is 1. The Bertz CT molecular complexity index is 651. The molecule has 1 fully saturated rings. The molecule has 6 heteroatoms. The first-order valence-corrected chi connectivity index (χ1v) is 7.42. The molecule has 1 aliphatic rings. The number of H-pyrrole nitrogens is 1. The quantitative estimate of drug-likeness (QED) is 0.833. The molecule has 1 aliphatic heterocycles. The number of nitriles is 1. The van der Waals surface area contributed by atoms with Crippen LogP contribution in [0.25, 0.3) is 0 Å². The molecule has 1 aromatic rings. The molecule has 1 aromatic heterocycles. The number of carbonyl (C=O) groups excluding carboxylic acids is 1. The van der Waals surface area contributed by atoms with Crippen molar-refractivity contribution in [1.29, 1.82) is 5.26 Å². The molecule has 1 N–H and O–H groups in total. The fraction of sp³-hybridized carbons (Fsp3) is 0.562. The van der Waals surface area contributed by atoms with E-state index >= 15 is 0 Å². The summed E-state index contributed by atoms with van der Waals surface area (Å²) in [5.41, 5.74) is 1.87. The van der Waals surface area contributed by atoms with Crippen LogP contribution in [0.15, 0.2) is 4.79 Å². The summed E-state index contributed by atoms with van der Waals surface area (Å²) < 4.78 is 10.6. The van der Waals surface area contributed by atoms with Gasteiger partial charge in [0.2, 0.25) is 0 Å². The predicted molar refractivity (Wildman–Crippen MR) is 79.5 cm³/mol. The zero-order valence-corrected chi connectivity index (χ0v) is 12.9. The van der Waals surface area contributed by atoms with Crippen LogP contribution in [0, 0.1) is 25.2 Å². The monoisotopic (exact) mass is 304 g/mol. The first-order chi connectivity index (χ1) is 10.5. The van der Waals surface area contributed by atoms with Gasteiger partial charge in [-0.05, 0) is 44.2 Å². The maximum Gasteiger partial charge on any atom is 0.306 e. The third kappa shape index (κ3) is 3.74. The molecule has 2 heterocycles. The molecule has 0 radical (unpaired) electrons.